The van der Waals surface area contributed by atoms with E-state index in [0.29, 0.717) is 17.1 Å². The predicted octanol–water partition coefficient (Wildman–Crippen LogP) is -0.618. The number of carboxylic acid groups (broad SMARTS) is 2. The van der Waals surface area contributed by atoms with Gasteiger partial charge < -0.3 is 30.9 Å². The predicted molar refractivity (Wildman–Crippen MR) is 152 cm³/mol. The summed E-state index contributed by atoms with van der Waals surface area (Å²) < 4.78 is 1.93. The number of amides is 2. The monoisotopic (exact) mass is 637 g/mol. The molecule has 0 saturated carbocycles. The molecular formula is C23H23N7O7S4. The Morgan fingerprint density at radius 1 is 1.46 bits per heavy atom. The van der Waals surface area contributed by atoms with Crippen molar-refractivity contribution in [1.29, 1.82) is 0 Å². The van der Waals surface area contributed by atoms with Crippen LogP contribution in [0, 0.1) is 0 Å². The number of aromatic nitrogens is 2. The summed E-state index contributed by atoms with van der Waals surface area (Å²) in [7, 11) is 1.93. The second-order valence-corrected chi connectivity index (χ2v) is 13.5. The van der Waals surface area contributed by atoms with Crippen LogP contribution in [0.25, 0.3) is 0 Å². The molecule has 2 unspecified atom stereocenters. The van der Waals surface area contributed by atoms with Crippen molar-refractivity contribution < 1.29 is 38.8 Å². The van der Waals surface area contributed by atoms with E-state index < -0.39 is 41.3 Å². The van der Waals surface area contributed by atoms with Gasteiger partial charge >= 0.3 is 5.97 Å². The minimum absolute atomic E-state index is 0.0336. The number of nitrogens with two attached hydrogens (primary N) is 1. The summed E-state index contributed by atoms with van der Waals surface area (Å²) in [6.45, 7) is 1.23. The van der Waals surface area contributed by atoms with E-state index in [1.165, 1.54) is 35.8 Å². The first-order chi connectivity index (χ1) is 19.5. The number of anilines is 2. The molecule has 3 aliphatic rings. The summed E-state index contributed by atoms with van der Waals surface area (Å²) >= 11 is 5.48. The molecule has 41 heavy (non-hydrogen) atoms. The number of carboxylic acids is 2. The van der Waals surface area contributed by atoms with E-state index in [4.69, 9.17) is 15.7 Å². The van der Waals surface area contributed by atoms with E-state index in [9.17, 15) is 24.3 Å². The van der Waals surface area contributed by atoms with Gasteiger partial charge in [0.15, 0.2) is 15.5 Å². The lowest BCUT2D eigenvalue weighted by molar-refractivity contribution is -0.658. The zero-order valence-electron chi connectivity index (χ0n) is 21.4. The number of thioether (sulfide) groups is 3. The van der Waals surface area contributed by atoms with E-state index in [0.717, 1.165) is 27.0 Å². The summed E-state index contributed by atoms with van der Waals surface area (Å²) in [6, 6.07) is 2.90. The van der Waals surface area contributed by atoms with Gasteiger partial charge in [-0.05, 0) is 24.6 Å². The SMILES string of the molecule is C[C@H](O/N=C(\C(=O)NC1C(=O)N2C(C(=O)[O-])=C(CSC3Nc4c(ccc[n+]4C)S3)CS[C@H]12)c1csc(N)n1)C(=O)O. The van der Waals surface area contributed by atoms with Crippen LogP contribution in [0.4, 0.5) is 10.9 Å². The number of rotatable bonds is 10. The molecule has 2 aromatic rings. The summed E-state index contributed by atoms with van der Waals surface area (Å²) in [4.78, 5) is 60.6. The maximum absolute atomic E-state index is 13.1. The molecule has 1 fully saturated rings. The summed E-state index contributed by atoms with van der Waals surface area (Å²) in [5, 5.41) is 31.7. The average Bonchev–Trinajstić information content (AvgIpc) is 3.56. The van der Waals surface area contributed by atoms with Crippen molar-refractivity contribution in [2.75, 3.05) is 22.6 Å². The van der Waals surface area contributed by atoms with Gasteiger partial charge in [0.2, 0.25) is 6.10 Å². The Morgan fingerprint density at radius 2 is 2.24 bits per heavy atom. The largest absolute Gasteiger partial charge is 0.543 e. The lowest BCUT2D eigenvalue weighted by Crippen LogP contribution is -2.71. The fourth-order valence-corrected chi connectivity index (χ4v) is 8.60. The number of carbonyl (C=O) groups is 4. The molecule has 0 radical (unpaired) electrons. The second-order valence-electron chi connectivity index (χ2n) is 8.93. The fraction of sp³-hybridized carbons (Fsp3) is 0.348. The normalized spacial score (nSPS) is 22.3. The molecule has 18 heteroatoms. The third-order valence-corrected chi connectivity index (χ3v) is 10.8. The number of hydrogen-bond donors (Lipinski definition) is 4. The van der Waals surface area contributed by atoms with E-state index in [1.54, 1.807) is 11.8 Å². The maximum Gasteiger partial charge on any atom is 0.347 e. The van der Waals surface area contributed by atoms with Crippen LogP contribution in [-0.4, -0.2) is 78.2 Å². The number of thiazole rings is 1. The van der Waals surface area contributed by atoms with Gasteiger partial charge in [-0.3, -0.25) is 19.8 Å². The third-order valence-electron chi connectivity index (χ3n) is 6.20. The van der Waals surface area contributed by atoms with Crippen LogP contribution in [0.3, 0.4) is 0 Å². The second kappa shape index (κ2) is 11.8. The molecule has 1 saturated heterocycles. The number of fused-ring (bicyclic) bond motifs is 2. The first-order valence-electron chi connectivity index (χ1n) is 12.0. The van der Waals surface area contributed by atoms with Crippen molar-refractivity contribution in [3.63, 3.8) is 0 Å². The molecule has 4 atom stereocenters. The zero-order chi connectivity index (χ0) is 29.4. The quantitative estimate of drug-likeness (QED) is 0.111. The summed E-state index contributed by atoms with van der Waals surface area (Å²) in [5.41, 5.74) is 5.68. The lowest BCUT2D eigenvalue weighted by Gasteiger charge is -2.50. The number of nitrogen functional groups attached to an aromatic ring is 1. The van der Waals surface area contributed by atoms with Crippen LogP contribution in [0.1, 0.15) is 12.6 Å². The van der Waals surface area contributed by atoms with Gasteiger partial charge in [0.25, 0.3) is 17.6 Å². The van der Waals surface area contributed by atoms with Gasteiger partial charge in [-0.15, -0.1) is 23.1 Å². The Hall–Kier alpha value is -3.48. The number of carbonyl (C=O) groups excluding carboxylic acids is 3. The molecule has 5 rings (SSSR count). The van der Waals surface area contributed by atoms with Crippen LogP contribution < -0.4 is 26.0 Å². The van der Waals surface area contributed by atoms with Crippen molar-refractivity contribution in [2.24, 2.45) is 12.2 Å². The molecule has 5 N–H and O–H groups in total. The molecule has 5 heterocycles. The van der Waals surface area contributed by atoms with E-state index in [1.807, 2.05) is 29.9 Å². The highest BCUT2D eigenvalue weighted by molar-refractivity contribution is 8.17. The molecule has 216 valence electrons. The smallest absolute Gasteiger partial charge is 0.347 e. The zero-order valence-corrected chi connectivity index (χ0v) is 24.7. The Morgan fingerprint density at radius 3 is 2.90 bits per heavy atom. The molecular weight excluding hydrogens is 615 g/mol. The van der Waals surface area contributed by atoms with Gasteiger partial charge in [0, 0.05) is 16.9 Å². The van der Waals surface area contributed by atoms with E-state index in [-0.39, 0.29) is 26.9 Å². The number of nitrogens with zero attached hydrogens (tertiary/aromatic N) is 4. The number of pyridine rings is 1. The van der Waals surface area contributed by atoms with E-state index >= 15 is 0 Å². The Balaban J connectivity index is 1.28. The molecule has 0 aliphatic carbocycles. The van der Waals surface area contributed by atoms with Crippen molar-refractivity contribution in [3.05, 3.63) is 40.7 Å². The number of nitrogens with one attached hydrogen (secondary N) is 2. The number of oxime groups is 1. The maximum atomic E-state index is 13.1. The van der Waals surface area contributed by atoms with Crippen molar-refractivity contribution in [3.8, 4) is 0 Å². The average molecular weight is 638 g/mol. The fourth-order valence-electron chi connectivity index (χ4n) is 4.13. The highest BCUT2D eigenvalue weighted by Crippen LogP contribution is 2.44. The molecule has 14 nitrogen and oxygen atoms in total. The number of aliphatic carboxylic acids is 2. The summed E-state index contributed by atoms with van der Waals surface area (Å²) in [6.07, 6.45) is 0.578. The minimum Gasteiger partial charge on any atom is -0.543 e. The van der Waals surface area contributed by atoms with Gasteiger partial charge in [-0.2, -0.15) is 0 Å². The van der Waals surface area contributed by atoms with Crippen molar-refractivity contribution in [2.45, 2.75) is 34.0 Å². The molecule has 0 aromatic carbocycles. The third kappa shape index (κ3) is 5.81. The number of hydrogen-bond acceptors (Lipinski definition) is 14. The van der Waals surface area contributed by atoms with Crippen LogP contribution in [-0.2, 0) is 31.1 Å². The van der Waals surface area contributed by atoms with Crippen LogP contribution in [0.5, 0.6) is 0 Å². The van der Waals surface area contributed by atoms with Gasteiger partial charge in [-0.25, -0.2) is 14.3 Å². The van der Waals surface area contributed by atoms with Gasteiger partial charge in [-0.1, -0.05) is 28.7 Å². The Bertz CT molecular complexity index is 1500. The van der Waals surface area contributed by atoms with Crippen LogP contribution in [0.15, 0.2) is 45.0 Å². The lowest BCUT2D eigenvalue weighted by atomic mass is 10.0. The van der Waals surface area contributed by atoms with E-state index in [2.05, 4.69) is 20.8 Å². The van der Waals surface area contributed by atoms with Gasteiger partial charge in [0.05, 0.1) is 24.9 Å². The number of aryl methyl sites for hydroxylation is 1. The standard InChI is InChI=1S/C23H23N7O7S4/c1-9(20(33)34)37-28-13(11-8-39-22(24)25-11)17(31)26-14-18(32)30-15(21(35)36)10(6-38-19(14)30)7-40-23-27-16-12(41-23)4-3-5-29(16)2/h3-5,8-9,14,19,23H,6-7H2,1-2H3,(H5,24,25,26,31,33,34,35,36)/b28-13-/t9-,14?,19+,23?/m0/s1. The first-order valence-corrected chi connectivity index (χ1v) is 15.8. The molecule has 2 amide bonds. The van der Waals surface area contributed by atoms with Crippen LogP contribution >= 0.6 is 46.6 Å². The Labute approximate surface area is 249 Å². The Kier molecular flexibility index (Phi) is 8.35. The molecule has 3 aliphatic heterocycles. The topological polar surface area (TPSA) is 203 Å². The number of β-lactam (4-membered cyclic amide) rings is 1. The highest BCUT2D eigenvalue weighted by Gasteiger charge is 2.53. The first kappa shape index (κ1) is 29.0. The summed E-state index contributed by atoms with van der Waals surface area (Å²) in [5.74, 6) is -2.60. The van der Waals surface area contributed by atoms with Crippen LogP contribution in [0.2, 0.25) is 0 Å². The molecule has 0 spiro atoms. The molecule has 2 aromatic heterocycles. The minimum atomic E-state index is -1.47. The van der Waals surface area contributed by atoms with Crippen molar-refractivity contribution >= 4 is 87.0 Å². The highest BCUT2D eigenvalue weighted by atomic mass is 32.2. The van der Waals surface area contributed by atoms with Crippen molar-refractivity contribution in [1.82, 2.24) is 15.2 Å². The molecule has 0 bridgehead atoms. The van der Waals surface area contributed by atoms with Gasteiger partial charge in [0.1, 0.15) is 22.0 Å².